The number of carbonyl (C=O) groups is 1. The predicted octanol–water partition coefficient (Wildman–Crippen LogP) is 3.94. The van der Waals surface area contributed by atoms with E-state index >= 15 is 0 Å². The molecule has 0 bridgehead atoms. The van der Waals surface area contributed by atoms with E-state index in [0.29, 0.717) is 12.1 Å². The van der Waals surface area contributed by atoms with Crippen LogP contribution in [0.25, 0.3) is 0 Å². The van der Waals surface area contributed by atoms with Crippen LogP contribution in [0.15, 0.2) is 30.6 Å². The molecule has 0 radical (unpaired) electrons. The molecule has 0 atom stereocenters. The molecule has 7 heteroatoms. The lowest BCUT2D eigenvalue weighted by Crippen LogP contribution is -2.11. The lowest BCUT2D eigenvalue weighted by atomic mass is 10.0. The molecule has 0 aliphatic heterocycles. The number of benzene rings is 1. The average Bonchev–Trinajstić information content (AvgIpc) is 2.45. The second kappa shape index (κ2) is 5.81. The second-order valence-corrected chi connectivity index (χ2v) is 4.62. The van der Waals surface area contributed by atoms with Crippen molar-refractivity contribution < 1.29 is 18.0 Å². The molecule has 0 spiro atoms. The largest absolute Gasteiger partial charge is 0.417 e. The fraction of sp³-hybridized carbons (Fsp3) is 0.214. The molecule has 0 aliphatic rings. The average molecular weight is 315 g/mol. The van der Waals surface area contributed by atoms with Crippen molar-refractivity contribution in [2.75, 3.05) is 0 Å². The zero-order valence-corrected chi connectivity index (χ0v) is 11.7. The van der Waals surface area contributed by atoms with Crippen LogP contribution in [-0.2, 0) is 12.6 Å². The summed E-state index contributed by atoms with van der Waals surface area (Å²) >= 11 is 5.71. The number of rotatable bonds is 3. The first-order valence-electron chi connectivity index (χ1n) is 6.06. The highest BCUT2D eigenvalue weighted by atomic mass is 35.5. The number of hydrogen-bond acceptors (Lipinski definition) is 3. The van der Waals surface area contributed by atoms with Gasteiger partial charge in [0.15, 0.2) is 0 Å². The van der Waals surface area contributed by atoms with E-state index in [4.69, 9.17) is 11.6 Å². The Hall–Kier alpha value is -1.95. The molecule has 3 nitrogen and oxygen atoms in total. The van der Waals surface area contributed by atoms with Gasteiger partial charge in [0.2, 0.25) is 5.78 Å². The number of halogens is 4. The first-order chi connectivity index (χ1) is 9.84. The Morgan fingerprint density at radius 2 is 1.95 bits per heavy atom. The van der Waals surface area contributed by atoms with Crippen LogP contribution >= 0.6 is 11.6 Å². The molecule has 110 valence electrons. The van der Waals surface area contributed by atoms with Crippen LogP contribution in [0.3, 0.4) is 0 Å². The third-order valence-electron chi connectivity index (χ3n) is 2.85. The Kier molecular flexibility index (Phi) is 4.27. The number of carbonyl (C=O) groups excluding carboxylic acids is 1. The monoisotopic (exact) mass is 314 g/mol. The van der Waals surface area contributed by atoms with Crippen molar-refractivity contribution in [3.8, 4) is 0 Å². The van der Waals surface area contributed by atoms with E-state index in [-0.39, 0.29) is 11.3 Å². The Balaban J connectivity index is 2.44. The third-order valence-corrected chi connectivity index (χ3v) is 3.26. The van der Waals surface area contributed by atoms with Gasteiger partial charge >= 0.3 is 6.18 Å². The summed E-state index contributed by atoms with van der Waals surface area (Å²) in [6.45, 7) is 1.87. The first kappa shape index (κ1) is 15.4. The van der Waals surface area contributed by atoms with Gasteiger partial charge in [0, 0.05) is 11.8 Å². The Labute approximate surface area is 123 Å². The summed E-state index contributed by atoms with van der Waals surface area (Å²) in [5, 5.41) is -0.628. The molecule has 0 fully saturated rings. The second-order valence-electron chi connectivity index (χ2n) is 4.24. The Bertz CT molecular complexity index is 669. The number of hydrogen-bond donors (Lipinski definition) is 0. The smallest absolute Gasteiger partial charge is 0.287 e. The highest BCUT2D eigenvalue weighted by molar-refractivity contribution is 6.35. The Morgan fingerprint density at radius 1 is 1.24 bits per heavy atom. The first-order valence-corrected chi connectivity index (χ1v) is 6.43. The fourth-order valence-corrected chi connectivity index (χ4v) is 2.04. The van der Waals surface area contributed by atoms with Gasteiger partial charge in [0.05, 0.1) is 22.5 Å². The summed E-state index contributed by atoms with van der Waals surface area (Å²) < 4.78 is 38.3. The minimum absolute atomic E-state index is 0.0478. The molecule has 0 unspecified atom stereocenters. The molecule has 1 aromatic heterocycles. The number of alkyl halides is 3. The standard InChI is InChI=1S/C14H10ClF3N2O/c1-2-8-6-20-11(7-19-8)13(21)9-4-3-5-10(12(9)15)14(16,17)18/h3-7H,2H2,1H3. The van der Waals surface area contributed by atoms with Gasteiger partial charge in [-0.3, -0.25) is 9.78 Å². The zero-order chi connectivity index (χ0) is 15.6. The van der Waals surface area contributed by atoms with Gasteiger partial charge in [-0.25, -0.2) is 4.98 Å². The molecule has 0 saturated carbocycles. The number of ketones is 1. The SMILES string of the molecule is CCc1cnc(C(=O)c2cccc(C(F)(F)F)c2Cl)cn1. The van der Waals surface area contributed by atoms with E-state index in [0.717, 1.165) is 12.1 Å². The molecule has 0 amide bonds. The van der Waals surface area contributed by atoms with Crippen molar-refractivity contribution in [3.63, 3.8) is 0 Å². The van der Waals surface area contributed by atoms with Crippen molar-refractivity contribution >= 4 is 17.4 Å². The number of aryl methyl sites for hydroxylation is 1. The van der Waals surface area contributed by atoms with Crippen molar-refractivity contribution in [1.29, 1.82) is 0 Å². The quantitative estimate of drug-likeness (QED) is 0.806. The van der Waals surface area contributed by atoms with E-state index in [9.17, 15) is 18.0 Å². The van der Waals surface area contributed by atoms with E-state index in [1.807, 2.05) is 6.92 Å². The van der Waals surface area contributed by atoms with E-state index in [2.05, 4.69) is 9.97 Å². The third kappa shape index (κ3) is 3.21. The topological polar surface area (TPSA) is 42.9 Å². The van der Waals surface area contributed by atoms with Gasteiger partial charge in [-0.2, -0.15) is 13.2 Å². The summed E-state index contributed by atoms with van der Waals surface area (Å²) in [6.07, 6.45) is -1.33. The molecule has 2 aromatic rings. The molecule has 0 aliphatic carbocycles. The van der Waals surface area contributed by atoms with Crippen molar-refractivity contribution in [1.82, 2.24) is 9.97 Å². The summed E-state index contributed by atoms with van der Waals surface area (Å²) in [6, 6.07) is 3.19. The van der Waals surface area contributed by atoms with Gasteiger partial charge in [-0.05, 0) is 18.6 Å². The molecule has 0 saturated heterocycles. The highest BCUT2D eigenvalue weighted by Gasteiger charge is 2.34. The van der Waals surface area contributed by atoms with Crippen LogP contribution in [0.1, 0.15) is 34.2 Å². The van der Waals surface area contributed by atoms with Crippen molar-refractivity contribution in [3.05, 3.63) is 58.1 Å². The highest BCUT2D eigenvalue weighted by Crippen LogP contribution is 2.36. The van der Waals surface area contributed by atoms with Crippen LogP contribution in [0, 0.1) is 0 Å². The lowest BCUT2D eigenvalue weighted by Gasteiger charge is -2.11. The predicted molar refractivity (Wildman–Crippen MR) is 71.3 cm³/mol. The fourth-order valence-electron chi connectivity index (χ4n) is 1.72. The number of nitrogens with zero attached hydrogens (tertiary/aromatic N) is 2. The zero-order valence-electron chi connectivity index (χ0n) is 10.9. The van der Waals surface area contributed by atoms with Crippen molar-refractivity contribution in [2.24, 2.45) is 0 Å². The van der Waals surface area contributed by atoms with Gasteiger partial charge in [0.1, 0.15) is 5.69 Å². The normalized spacial score (nSPS) is 11.5. The molecular formula is C14H10ClF3N2O. The summed E-state index contributed by atoms with van der Waals surface area (Å²) in [7, 11) is 0. The van der Waals surface area contributed by atoms with Crippen LogP contribution in [0.2, 0.25) is 5.02 Å². The van der Waals surface area contributed by atoms with Gasteiger partial charge in [-0.1, -0.05) is 24.6 Å². The van der Waals surface area contributed by atoms with Crippen LogP contribution in [0.5, 0.6) is 0 Å². The van der Waals surface area contributed by atoms with Gasteiger partial charge < -0.3 is 0 Å². The van der Waals surface area contributed by atoms with E-state index in [1.165, 1.54) is 18.5 Å². The lowest BCUT2D eigenvalue weighted by molar-refractivity contribution is -0.137. The summed E-state index contributed by atoms with van der Waals surface area (Å²) in [5.41, 5.74) is -0.659. The van der Waals surface area contributed by atoms with Crippen molar-refractivity contribution in [2.45, 2.75) is 19.5 Å². The Morgan fingerprint density at radius 3 is 2.48 bits per heavy atom. The molecule has 21 heavy (non-hydrogen) atoms. The van der Waals surface area contributed by atoms with Crippen LogP contribution in [0.4, 0.5) is 13.2 Å². The molecule has 1 heterocycles. The van der Waals surface area contributed by atoms with Crippen LogP contribution in [-0.4, -0.2) is 15.8 Å². The van der Waals surface area contributed by atoms with Gasteiger partial charge in [-0.15, -0.1) is 0 Å². The maximum atomic E-state index is 12.8. The maximum absolute atomic E-state index is 12.8. The molecule has 2 rings (SSSR count). The van der Waals surface area contributed by atoms with E-state index in [1.54, 1.807) is 0 Å². The molecule has 0 N–H and O–H groups in total. The van der Waals surface area contributed by atoms with Crippen LogP contribution < -0.4 is 0 Å². The molecule has 1 aromatic carbocycles. The summed E-state index contributed by atoms with van der Waals surface area (Å²) in [5.74, 6) is -0.693. The van der Waals surface area contributed by atoms with Gasteiger partial charge in [0.25, 0.3) is 0 Å². The summed E-state index contributed by atoms with van der Waals surface area (Å²) in [4.78, 5) is 20.1. The maximum Gasteiger partial charge on any atom is 0.417 e. The number of aromatic nitrogens is 2. The minimum atomic E-state index is -4.62. The molecular weight excluding hydrogens is 305 g/mol. The minimum Gasteiger partial charge on any atom is -0.287 e. The van der Waals surface area contributed by atoms with E-state index < -0.39 is 22.5 Å².